The van der Waals surface area contributed by atoms with Gasteiger partial charge >= 0.3 is 0 Å². The Kier molecular flexibility index (Phi) is 4.38. The molecule has 0 N–H and O–H groups in total. The van der Waals surface area contributed by atoms with E-state index in [9.17, 15) is 10.1 Å². The van der Waals surface area contributed by atoms with Crippen molar-refractivity contribution in [2.45, 2.75) is 51.7 Å². The molecule has 1 saturated carbocycles. The summed E-state index contributed by atoms with van der Waals surface area (Å²) < 4.78 is 5.24. The topological polar surface area (TPSA) is 85.3 Å². The summed E-state index contributed by atoms with van der Waals surface area (Å²) in [7, 11) is 0. The first-order valence-electron chi connectivity index (χ1n) is 7.83. The first kappa shape index (κ1) is 15.6. The molecule has 1 aromatic carbocycles. The second-order valence-electron chi connectivity index (χ2n) is 6.23. The third-order valence-electron chi connectivity index (χ3n) is 3.95. The van der Waals surface area contributed by atoms with Crippen LogP contribution in [0, 0.1) is 10.1 Å². The third-order valence-corrected chi connectivity index (χ3v) is 3.95. The molecule has 0 spiro atoms. The summed E-state index contributed by atoms with van der Waals surface area (Å²) in [5.74, 6) is 1.46. The number of benzene rings is 1. The number of hydrogen-bond acceptors (Lipinski definition) is 6. The van der Waals surface area contributed by atoms with Crippen LogP contribution in [0.2, 0.25) is 0 Å². The smallest absolute Gasteiger partial charge is 0.273 e. The van der Waals surface area contributed by atoms with E-state index < -0.39 is 0 Å². The normalized spacial score (nSPS) is 14.6. The molecule has 23 heavy (non-hydrogen) atoms. The Morgan fingerprint density at radius 3 is 2.70 bits per heavy atom. The molecule has 0 unspecified atom stereocenters. The summed E-state index contributed by atoms with van der Waals surface area (Å²) in [6, 6.07) is 7.32. The second kappa shape index (κ2) is 6.45. The third kappa shape index (κ3) is 3.73. The summed E-state index contributed by atoms with van der Waals surface area (Å²) >= 11 is 0. The standard InChI is InChI=1S/C16H20N4O3/c1-11(2)16-17-15(18-23-16)10-19(13-7-8-13)9-12-5-3-4-6-14(12)20(21)22/h3-6,11,13H,7-10H2,1-2H3. The van der Waals surface area contributed by atoms with Crippen LogP contribution >= 0.6 is 0 Å². The van der Waals surface area contributed by atoms with Crippen LogP contribution in [0.1, 0.15) is 49.9 Å². The number of nitrogens with zero attached hydrogens (tertiary/aromatic N) is 4. The molecule has 3 rings (SSSR count). The average Bonchev–Trinajstić information content (AvgIpc) is 3.26. The van der Waals surface area contributed by atoms with Gasteiger partial charge in [0, 0.05) is 30.1 Å². The van der Waals surface area contributed by atoms with Crippen LogP contribution in [0.25, 0.3) is 0 Å². The molecule has 1 fully saturated rings. The van der Waals surface area contributed by atoms with Gasteiger partial charge in [-0.25, -0.2) is 0 Å². The molecule has 7 heteroatoms. The first-order valence-corrected chi connectivity index (χ1v) is 7.83. The van der Waals surface area contributed by atoms with Gasteiger partial charge in [0.15, 0.2) is 5.82 Å². The summed E-state index contributed by atoms with van der Waals surface area (Å²) in [6.07, 6.45) is 2.21. The summed E-state index contributed by atoms with van der Waals surface area (Å²) in [4.78, 5) is 17.4. The molecule has 7 nitrogen and oxygen atoms in total. The highest BCUT2D eigenvalue weighted by molar-refractivity contribution is 5.39. The Labute approximate surface area is 134 Å². The Morgan fingerprint density at radius 1 is 1.35 bits per heavy atom. The molecule has 0 saturated heterocycles. The predicted molar refractivity (Wildman–Crippen MR) is 83.8 cm³/mol. The van der Waals surface area contributed by atoms with Gasteiger partial charge in [-0.15, -0.1) is 0 Å². The van der Waals surface area contributed by atoms with Crippen LogP contribution in [-0.4, -0.2) is 26.0 Å². The molecular weight excluding hydrogens is 296 g/mol. The van der Waals surface area contributed by atoms with E-state index in [1.165, 1.54) is 0 Å². The highest BCUT2D eigenvalue weighted by Gasteiger charge is 2.31. The van der Waals surface area contributed by atoms with Crippen molar-refractivity contribution in [3.63, 3.8) is 0 Å². The van der Waals surface area contributed by atoms with Crippen molar-refractivity contribution < 1.29 is 9.45 Å². The lowest BCUT2D eigenvalue weighted by molar-refractivity contribution is -0.385. The number of para-hydroxylation sites is 1. The lowest BCUT2D eigenvalue weighted by Gasteiger charge is -2.20. The van der Waals surface area contributed by atoms with Gasteiger partial charge in [-0.05, 0) is 12.8 Å². The van der Waals surface area contributed by atoms with E-state index in [0.29, 0.717) is 30.8 Å². The van der Waals surface area contributed by atoms with Crippen LogP contribution in [0.15, 0.2) is 28.8 Å². The number of aromatic nitrogens is 2. The van der Waals surface area contributed by atoms with Crippen molar-refractivity contribution in [2.24, 2.45) is 0 Å². The van der Waals surface area contributed by atoms with Gasteiger partial charge in [0.25, 0.3) is 5.69 Å². The minimum Gasteiger partial charge on any atom is -0.339 e. The molecule has 0 atom stereocenters. The fourth-order valence-corrected chi connectivity index (χ4v) is 2.54. The highest BCUT2D eigenvalue weighted by atomic mass is 16.6. The number of hydrogen-bond donors (Lipinski definition) is 0. The van der Waals surface area contributed by atoms with E-state index in [4.69, 9.17) is 4.52 Å². The minimum absolute atomic E-state index is 0.161. The van der Waals surface area contributed by atoms with Crippen LogP contribution < -0.4 is 0 Å². The summed E-state index contributed by atoms with van der Waals surface area (Å²) in [5, 5.41) is 15.2. The Morgan fingerprint density at radius 2 is 2.09 bits per heavy atom. The van der Waals surface area contributed by atoms with E-state index in [-0.39, 0.29) is 16.5 Å². The molecule has 1 aromatic heterocycles. The molecule has 122 valence electrons. The zero-order valence-corrected chi connectivity index (χ0v) is 13.3. The number of nitro benzene ring substituents is 1. The number of nitro groups is 1. The second-order valence-corrected chi connectivity index (χ2v) is 6.23. The largest absolute Gasteiger partial charge is 0.339 e. The van der Waals surface area contributed by atoms with Crippen LogP contribution in [-0.2, 0) is 13.1 Å². The van der Waals surface area contributed by atoms with E-state index in [1.807, 2.05) is 26.0 Å². The summed E-state index contributed by atoms with van der Waals surface area (Å²) in [6.45, 7) is 5.08. The Balaban J connectivity index is 1.76. The van der Waals surface area contributed by atoms with Crippen molar-refractivity contribution in [3.05, 3.63) is 51.7 Å². The molecule has 1 aliphatic carbocycles. The predicted octanol–water partition coefficient (Wildman–Crippen LogP) is 3.27. The molecule has 1 aliphatic rings. The zero-order valence-electron chi connectivity index (χ0n) is 13.3. The SMILES string of the molecule is CC(C)c1nc(CN(Cc2ccccc2[N+](=O)[O-])C2CC2)no1. The van der Waals surface area contributed by atoms with E-state index >= 15 is 0 Å². The molecule has 0 aliphatic heterocycles. The van der Waals surface area contributed by atoms with Gasteiger partial charge in [0.2, 0.25) is 5.89 Å². The van der Waals surface area contributed by atoms with Gasteiger partial charge in [0.1, 0.15) is 0 Å². The van der Waals surface area contributed by atoms with Gasteiger partial charge in [-0.3, -0.25) is 15.0 Å². The molecule has 2 aromatic rings. The maximum atomic E-state index is 11.2. The van der Waals surface area contributed by atoms with Gasteiger partial charge in [0.05, 0.1) is 11.5 Å². The lowest BCUT2D eigenvalue weighted by atomic mass is 10.1. The van der Waals surface area contributed by atoms with Crippen molar-refractivity contribution in [2.75, 3.05) is 0 Å². The Bertz CT molecular complexity index is 694. The quantitative estimate of drug-likeness (QED) is 0.575. The summed E-state index contributed by atoms with van der Waals surface area (Å²) in [5.41, 5.74) is 0.881. The molecular formula is C16H20N4O3. The van der Waals surface area contributed by atoms with Crippen LogP contribution in [0.4, 0.5) is 5.69 Å². The maximum absolute atomic E-state index is 11.2. The van der Waals surface area contributed by atoms with E-state index in [2.05, 4.69) is 15.0 Å². The van der Waals surface area contributed by atoms with Gasteiger partial charge in [-0.1, -0.05) is 37.2 Å². The lowest BCUT2D eigenvalue weighted by Crippen LogP contribution is -2.26. The van der Waals surface area contributed by atoms with Gasteiger partial charge < -0.3 is 4.52 Å². The molecule has 0 amide bonds. The molecule has 1 heterocycles. The fraction of sp³-hybridized carbons (Fsp3) is 0.500. The van der Waals surface area contributed by atoms with Crippen LogP contribution in [0.3, 0.4) is 0 Å². The first-order chi connectivity index (χ1) is 11.0. The minimum atomic E-state index is -0.328. The maximum Gasteiger partial charge on any atom is 0.273 e. The van der Waals surface area contributed by atoms with Crippen LogP contribution in [0.5, 0.6) is 0 Å². The monoisotopic (exact) mass is 316 g/mol. The number of rotatable bonds is 7. The Hall–Kier alpha value is -2.28. The van der Waals surface area contributed by atoms with Crippen molar-refractivity contribution in [3.8, 4) is 0 Å². The van der Waals surface area contributed by atoms with Crippen molar-refractivity contribution in [1.82, 2.24) is 15.0 Å². The average molecular weight is 316 g/mol. The van der Waals surface area contributed by atoms with Crippen molar-refractivity contribution >= 4 is 5.69 Å². The van der Waals surface area contributed by atoms with E-state index in [0.717, 1.165) is 18.4 Å². The molecule has 0 radical (unpaired) electrons. The molecule has 0 bridgehead atoms. The highest BCUT2D eigenvalue weighted by Crippen LogP contribution is 2.31. The fourth-order valence-electron chi connectivity index (χ4n) is 2.54. The van der Waals surface area contributed by atoms with Crippen molar-refractivity contribution in [1.29, 1.82) is 0 Å². The zero-order chi connectivity index (χ0) is 16.4. The van der Waals surface area contributed by atoms with E-state index in [1.54, 1.807) is 12.1 Å². The van der Waals surface area contributed by atoms with Gasteiger partial charge in [-0.2, -0.15) is 4.98 Å².